The van der Waals surface area contributed by atoms with Gasteiger partial charge in [-0.2, -0.15) is 0 Å². The second kappa shape index (κ2) is 8.51. The average Bonchev–Trinajstić information content (AvgIpc) is 2.54. The van der Waals surface area contributed by atoms with Crippen LogP contribution in [0.4, 0.5) is 5.69 Å². The number of nitrogens with zero attached hydrogens (tertiary/aromatic N) is 1. The largest absolute Gasteiger partial charge is 0.384 e. The van der Waals surface area contributed by atoms with Crippen LogP contribution >= 0.6 is 11.6 Å². The molecule has 0 unspecified atom stereocenters. The summed E-state index contributed by atoms with van der Waals surface area (Å²) in [6.45, 7) is 1.83. The fourth-order valence-corrected chi connectivity index (χ4v) is 2.14. The smallest absolute Gasteiger partial charge is 0.185 e. The van der Waals surface area contributed by atoms with E-state index in [9.17, 15) is 4.79 Å². The minimum absolute atomic E-state index is 0.0141. The van der Waals surface area contributed by atoms with Gasteiger partial charge in [-0.1, -0.05) is 29.8 Å². The van der Waals surface area contributed by atoms with E-state index in [4.69, 9.17) is 11.6 Å². The third-order valence-corrected chi connectivity index (χ3v) is 3.61. The van der Waals surface area contributed by atoms with Gasteiger partial charge in [0.15, 0.2) is 5.78 Å². The normalized spacial score (nSPS) is 11.1. The molecule has 0 fully saturated rings. The van der Waals surface area contributed by atoms with E-state index in [2.05, 4.69) is 10.2 Å². The van der Waals surface area contributed by atoms with Gasteiger partial charge in [0.25, 0.3) is 0 Å². The Morgan fingerprint density at radius 2 is 1.74 bits per heavy atom. The van der Waals surface area contributed by atoms with Crippen LogP contribution in [0, 0.1) is 0 Å². The first-order chi connectivity index (χ1) is 11.0. The molecule has 0 bridgehead atoms. The molecule has 3 nitrogen and oxygen atoms in total. The van der Waals surface area contributed by atoms with Gasteiger partial charge in [-0.05, 0) is 62.1 Å². The molecule has 2 aromatic carbocycles. The van der Waals surface area contributed by atoms with Gasteiger partial charge in [0, 0.05) is 29.4 Å². The maximum atomic E-state index is 12.2. The summed E-state index contributed by atoms with van der Waals surface area (Å²) >= 11 is 5.84. The van der Waals surface area contributed by atoms with E-state index >= 15 is 0 Å². The molecule has 120 valence electrons. The number of carbonyl (C=O) groups excluding carboxylic acids is 1. The number of halogens is 1. The molecule has 0 saturated heterocycles. The lowest BCUT2D eigenvalue weighted by atomic mass is 10.1. The Bertz CT molecular complexity index is 661. The van der Waals surface area contributed by atoms with E-state index < -0.39 is 0 Å². The summed E-state index contributed by atoms with van der Waals surface area (Å²) < 4.78 is 0. The Hall–Kier alpha value is -2.10. The fraction of sp³-hybridized carbons (Fsp3) is 0.211. The molecule has 0 aliphatic carbocycles. The highest BCUT2D eigenvalue weighted by Crippen LogP contribution is 2.13. The topological polar surface area (TPSA) is 32.3 Å². The van der Waals surface area contributed by atoms with Crippen molar-refractivity contribution in [2.75, 3.05) is 32.5 Å². The number of carbonyl (C=O) groups is 1. The minimum Gasteiger partial charge on any atom is -0.384 e. The summed E-state index contributed by atoms with van der Waals surface area (Å²) in [7, 11) is 4.08. The first kappa shape index (κ1) is 17.3. The van der Waals surface area contributed by atoms with Gasteiger partial charge < -0.3 is 10.2 Å². The maximum absolute atomic E-state index is 12.2. The zero-order valence-corrected chi connectivity index (χ0v) is 14.2. The minimum atomic E-state index is -0.0141. The van der Waals surface area contributed by atoms with Crippen LogP contribution in [-0.4, -0.2) is 37.9 Å². The summed E-state index contributed by atoms with van der Waals surface area (Å²) in [6, 6.07) is 14.9. The predicted molar refractivity (Wildman–Crippen MR) is 98.3 cm³/mol. The molecule has 2 rings (SSSR count). The molecule has 0 heterocycles. The number of rotatable bonds is 7. The second-order valence-electron chi connectivity index (χ2n) is 5.56. The van der Waals surface area contributed by atoms with Gasteiger partial charge in [-0.3, -0.25) is 4.79 Å². The van der Waals surface area contributed by atoms with Crippen molar-refractivity contribution in [1.82, 2.24) is 4.90 Å². The van der Waals surface area contributed by atoms with Crippen LogP contribution < -0.4 is 5.32 Å². The Balaban J connectivity index is 1.93. The zero-order valence-electron chi connectivity index (χ0n) is 13.4. The number of hydrogen-bond donors (Lipinski definition) is 1. The van der Waals surface area contributed by atoms with Crippen LogP contribution in [0.15, 0.2) is 54.6 Å². The molecular weight excluding hydrogens is 308 g/mol. The van der Waals surface area contributed by atoms with Crippen LogP contribution in [0.5, 0.6) is 0 Å². The molecule has 0 atom stereocenters. The molecule has 1 N–H and O–H groups in total. The van der Waals surface area contributed by atoms with E-state index in [0.717, 1.165) is 24.3 Å². The second-order valence-corrected chi connectivity index (χ2v) is 5.99. The summed E-state index contributed by atoms with van der Waals surface area (Å²) in [6.07, 6.45) is 3.37. The number of benzene rings is 2. The lowest BCUT2D eigenvalue weighted by Crippen LogP contribution is -2.20. The number of nitrogens with one attached hydrogen (secondary N) is 1. The molecule has 4 heteroatoms. The van der Waals surface area contributed by atoms with Crippen molar-refractivity contribution in [3.8, 4) is 0 Å². The van der Waals surface area contributed by atoms with Crippen LogP contribution in [0.3, 0.4) is 0 Å². The van der Waals surface area contributed by atoms with Crippen molar-refractivity contribution >= 4 is 29.1 Å². The molecule has 0 radical (unpaired) electrons. The molecule has 2 aromatic rings. The Morgan fingerprint density at radius 3 is 2.35 bits per heavy atom. The van der Waals surface area contributed by atoms with E-state index in [1.165, 1.54) is 0 Å². The lowest BCUT2D eigenvalue weighted by molar-refractivity contribution is 0.104. The Labute approximate surface area is 142 Å². The number of likely N-dealkylation sites (N-methyl/N-ethyl adjacent to an activating group) is 1. The third kappa shape index (κ3) is 5.89. The van der Waals surface area contributed by atoms with Crippen LogP contribution in [0.25, 0.3) is 6.08 Å². The van der Waals surface area contributed by atoms with Gasteiger partial charge in [-0.25, -0.2) is 0 Å². The van der Waals surface area contributed by atoms with E-state index in [0.29, 0.717) is 10.6 Å². The summed E-state index contributed by atoms with van der Waals surface area (Å²) in [5.41, 5.74) is 2.64. The van der Waals surface area contributed by atoms with E-state index in [-0.39, 0.29) is 5.78 Å². The average molecular weight is 329 g/mol. The number of ketones is 1. The molecule has 0 aliphatic rings. The number of anilines is 1. The van der Waals surface area contributed by atoms with E-state index in [1.54, 1.807) is 24.3 Å². The molecule has 0 aliphatic heterocycles. The summed E-state index contributed by atoms with van der Waals surface area (Å²) in [5, 5.41) is 4.01. The lowest BCUT2D eigenvalue weighted by Gasteiger charge is -2.11. The van der Waals surface area contributed by atoms with Crippen molar-refractivity contribution in [3.05, 3.63) is 70.8 Å². The SMILES string of the molecule is CN(C)CCNc1ccc(C(=O)/C=C/c2ccc(Cl)cc2)cc1. The van der Waals surface area contributed by atoms with E-state index in [1.807, 2.05) is 50.5 Å². The Morgan fingerprint density at radius 1 is 1.09 bits per heavy atom. The van der Waals surface area contributed by atoms with Gasteiger partial charge in [-0.15, -0.1) is 0 Å². The summed E-state index contributed by atoms with van der Waals surface area (Å²) in [5.74, 6) is -0.0141. The number of hydrogen-bond acceptors (Lipinski definition) is 3. The summed E-state index contributed by atoms with van der Waals surface area (Å²) in [4.78, 5) is 14.3. The number of allylic oxidation sites excluding steroid dienone is 1. The molecule has 0 spiro atoms. The van der Waals surface area contributed by atoms with Gasteiger partial charge >= 0.3 is 0 Å². The molecule has 0 saturated carbocycles. The molecule has 0 amide bonds. The maximum Gasteiger partial charge on any atom is 0.185 e. The fourth-order valence-electron chi connectivity index (χ4n) is 2.02. The molecule has 0 aromatic heterocycles. The first-order valence-electron chi connectivity index (χ1n) is 7.51. The van der Waals surface area contributed by atoms with Gasteiger partial charge in [0.05, 0.1) is 0 Å². The van der Waals surface area contributed by atoms with Gasteiger partial charge in [0.2, 0.25) is 0 Å². The van der Waals surface area contributed by atoms with Crippen molar-refractivity contribution < 1.29 is 4.79 Å². The highest BCUT2D eigenvalue weighted by atomic mass is 35.5. The van der Waals surface area contributed by atoms with Crippen molar-refractivity contribution in [2.45, 2.75) is 0 Å². The van der Waals surface area contributed by atoms with Crippen molar-refractivity contribution in [1.29, 1.82) is 0 Å². The standard InChI is InChI=1S/C19H21ClN2O/c1-22(2)14-13-21-18-10-6-16(7-11-18)19(23)12-5-15-3-8-17(20)9-4-15/h3-12,21H,13-14H2,1-2H3/b12-5+. The van der Waals surface area contributed by atoms with Crippen LogP contribution in [-0.2, 0) is 0 Å². The Kier molecular flexibility index (Phi) is 6.39. The quantitative estimate of drug-likeness (QED) is 0.610. The van der Waals surface area contributed by atoms with Crippen LogP contribution in [0.2, 0.25) is 5.02 Å². The van der Waals surface area contributed by atoms with Crippen molar-refractivity contribution in [3.63, 3.8) is 0 Å². The first-order valence-corrected chi connectivity index (χ1v) is 7.89. The van der Waals surface area contributed by atoms with Crippen LogP contribution in [0.1, 0.15) is 15.9 Å². The molecule has 23 heavy (non-hydrogen) atoms. The predicted octanol–water partition coefficient (Wildman–Crippen LogP) is 4.21. The van der Waals surface area contributed by atoms with Crippen molar-refractivity contribution in [2.24, 2.45) is 0 Å². The van der Waals surface area contributed by atoms with Gasteiger partial charge in [0.1, 0.15) is 0 Å². The monoisotopic (exact) mass is 328 g/mol. The molecular formula is C19H21ClN2O. The third-order valence-electron chi connectivity index (χ3n) is 3.35. The zero-order chi connectivity index (χ0) is 16.7. The highest BCUT2D eigenvalue weighted by Gasteiger charge is 2.02. The highest BCUT2D eigenvalue weighted by molar-refractivity contribution is 6.30.